The Morgan fingerprint density at radius 3 is 2.54 bits per heavy atom. The SMILES string of the molecule is COC[C@]1(NC(=N)c2ccc3c(c2)CCC([C@](C)(O/N=C(\C(=O)NC2C(=O)N(OS(=O)(=O)O)C2(C)C)c2csc(N)n2)C(=O)O)O3)CC[C@@H](N)CC1. The molecule has 2 aliphatic heterocycles. The van der Waals surface area contributed by atoms with Crippen LogP contribution >= 0.6 is 11.3 Å². The molecule has 0 spiro atoms. The highest BCUT2D eigenvalue weighted by Crippen LogP contribution is 2.36. The molecule has 3 heterocycles. The molecule has 2 unspecified atom stereocenters. The van der Waals surface area contributed by atoms with Crippen molar-refractivity contribution in [3.05, 3.63) is 40.4 Å². The average molecular weight is 767 g/mol. The number of fused-ring (bicyclic) bond motifs is 1. The van der Waals surface area contributed by atoms with Crippen LogP contribution in [0.25, 0.3) is 0 Å². The molecule has 2 amide bonds. The van der Waals surface area contributed by atoms with Crippen molar-refractivity contribution in [3.63, 3.8) is 0 Å². The molecule has 3 atom stereocenters. The Hall–Kier alpha value is -4.41. The van der Waals surface area contributed by atoms with Crippen LogP contribution in [0.3, 0.4) is 0 Å². The summed E-state index contributed by atoms with van der Waals surface area (Å²) < 4.78 is 47.3. The molecule has 1 saturated heterocycles. The van der Waals surface area contributed by atoms with Gasteiger partial charge in [-0.1, -0.05) is 5.16 Å². The lowest BCUT2D eigenvalue weighted by atomic mass is 9.80. The van der Waals surface area contributed by atoms with Crippen molar-refractivity contribution in [2.75, 3.05) is 19.5 Å². The fourth-order valence-electron chi connectivity index (χ4n) is 6.44. The molecule has 21 heteroatoms. The number of nitrogens with zero attached hydrogens (tertiary/aromatic N) is 3. The number of amides is 2. The lowest BCUT2D eigenvalue weighted by molar-refractivity contribution is -0.218. The third-order valence-electron chi connectivity index (χ3n) is 9.56. The predicted molar refractivity (Wildman–Crippen MR) is 186 cm³/mol. The van der Waals surface area contributed by atoms with Crippen LogP contribution in [0.5, 0.6) is 5.75 Å². The summed E-state index contributed by atoms with van der Waals surface area (Å²) in [5, 5.41) is 30.6. The number of amidine groups is 1. The van der Waals surface area contributed by atoms with Crippen LogP contribution in [0.2, 0.25) is 0 Å². The second-order valence-corrected chi connectivity index (χ2v) is 15.6. The van der Waals surface area contributed by atoms with Crippen molar-refractivity contribution in [2.45, 2.75) is 94.2 Å². The number of thiazole rings is 1. The number of nitrogens with two attached hydrogens (primary N) is 2. The number of nitrogen functional groups attached to an aromatic ring is 1. The molecule has 9 N–H and O–H groups in total. The molecular formula is C31H42N8O11S2. The Morgan fingerprint density at radius 1 is 1.27 bits per heavy atom. The van der Waals surface area contributed by atoms with E-state index in [9.17, 15) is 27.9 Å². The Labute approximate surface area is 303 Å². The fraction of sp³-hybridized carbons (Fsp3) is 0.548. The second-order valence-electron chi connectivity index (χ2n) is 13.7. The number of ether oxygens (including phenoxy) is 2. The molecular weight excluding hydrogens is 725 g/mol. The van der Waals surface area contributed by atoms with Crippen LogP contribution in [-0.2, 0) is 45.1 Å². The van der Waals surface area contributed by atoms with Crippen LogP contribution < -0.4 is 26.8 Å². The summed E-state index contributed by atoms with van der Waals surface area (Å²) in [7, 11) is -3.42. The molecule has 52 heavy (non-hydrogen) atoms. The standard InChI is InChI=1S/C31H42N8O11S2/c1-29(2)23(26(41)39(29)50-52(44,45)46)36-25(40)22(19-14-51-28(34)35-19)38-49-30(3,27(42)43)21-8-6-16-13-17(5-7-20(16)48-21)24(33)37-31(15-47-4)11-9-18(32)10-12-31/h5,7,13-14,18,21,23H,6,8-12,15,32H2,1-4H3,(H2,33,37)(H2,34,35)(H,36,40)(H,42,43)(H,44,45,46)/b38-22-/t18-,21?,23?,30-,31+/m0/s1. The molecule has 19 nitrogen and oxygen atoms in total. The number of benzene rings is 1. The highest BCUT2D eigenvalue weighted by atomic mass is 32.3. The minimum absolute atomic E-state index is 0.0518. The normalized spacial score (nSPS) is 25.5. The third-order valence-corrected chi connectivity index (χ3v) is 10.6. The first-order chi connectivity index (χ1) is 24.3. The highest BCUT2D eigenvalue weighted by molar-refractivity contribution is 7.80. The van der Waals surface area contributed by atoms with Gasteiger partial charge in [0.05, 0.1) is 17.7 Å². The highest BCUT2D eigenvalue weighted by Gasteiger charge is 2.58. The van der Waals surface area contributed by atoms with Gasteiger partial charge in [0, 0.05) is 24.1 Å². The summed E-state index contributed by atoms with van der Waals surface area (Å²) in [5.74, 6) is -2.88. The van der Waals surface area contributed by atoms with E-state index in [1.807, 2.05) is 6.07 Å². The van der Waals surface area contributed by atoms with Gasteiger partial charge in [-0.05, 0) is 83.1 Å². The number of hydrogen-bond donors (Lipinski definition) is 7. The molecule has 0 bridgehead atoms. The van der Waals surface area contributed by atoms with Crippen molar-refractivity contribution < 1.29 is 51.1 Å². The minimum Gasteiger partial charge on any atom is -0.485 e. The summed E-state index contributed by atoms with van der Waals surface area (Å²) in [5.41, 5.74) is 8.62. The molecule has 1 aliphatic carbocycles. The first-order valence-electron chi connectivity index (χ1n) is 16.2. The first-order valence-corrected chi connectivity index (χ1v) is 18.5. The maximum Gasteiger partial charge on any atom is 0.418 e. The Kier molecular flexibility index (Phi) is 10.9. The number of oxime groups is 1. The molecule has 5 rings (SSSR count). The molecule has 2 aromatic rings. The molecule has 2 fully saturated rings. The van der Waals surface area contributed by atoms with E-state index < -0.39 is 62.7 Å². The number of aromatic nitrogens is 1. The van der Waals surface area contributed by atoms with E-state index in [2.05, 4.69) is 25.1 Å². The van der Waals surface area contributed by atoms with Crippen LogP contribution in [0.1, 0.15) is 69.7 Å². The quantitative estimate of drug-likeness (QED) is 0.0486. The van der Waals surface area contributed by atoms with Crippen LogP contribution in [-0.4, -0.2) is 106 Å². The zero-order valence-corrected chi connectivity index (χ0v) is 30.5. The van der Waals surface area contributed by atoms with Gasteiger partial charge in [-0.15, -0.1) is 15.6 Å². The number of aryl methyl sites for hydroxylation is 1. The number of carboxylic acid groups (broad SMARTS) is 1. The van der Waals surface area contributed by atoms with E-state index >= 15 is 0 Å². The van der Waals surface area contributed by atoms with Crippen LogP contribution in [0, 0.1) is 5.41 Å². The molecule has 1 aromatic carbocycles. The lowest BCUT2D eigenvalue weighted by Crippen LogP contribution is -2.76. The smallest absolute Gasteiger partial charge is 0.418 e. The largest absolute Gasteiger partial charge is 0.485 e. The molecule has 284 valence electrons. The zero-order valence-electron chi connectivity index (χ0n) is 28.9. The van der Waals surface area contributed by atoms with E-state index in [0.717, 1.165) is 42.6 Å². The number of hydrogen-bond acceptors (Lipinski definition) is 15. The summed E-state index contributed by atoms with van der Waals surface area (Å²) in [4.78, 5) is 48.5. The summed E-state index contributed by atoms with van der Waals surface area (Å²) in [6, 6.07) is 3.93. The second kappa shape index (κ2) is 14.5. The monoisotopic (exact) mass is 766 g/mol. The molecule has 1 aromatic heterocycles. The number of rotatable bonds is 13. The predicted octanol–water partition coefficient (Wildman–Crippen LogP) is 0.725. The van der Waals surface area contributed by atoms with E-state index in [1.54, 1.807) is 19.2 Å². The maximum atomic E-state index is 13.5. The Balaban J connectivity index is 1.33. The van der Waals surface area contributed by atoms with E-state index in [1.165, 1.54) is 26.2 Å². The molecule has 1 saturated carbocycles. The number of carbonyl (C=O) groups excluding carboxylic acids is 2. The number of methoxy groups -OCH3 is 1. The van der Waals surface area contributed by atoms with E-state index in [4.69, 9.17) is 35.7 Å². The van der Waals surface area contributed by atoms with Gasteiger partial charge in [-0.25, -0.2) is 9.78 Å². The molecule has 3 aliphatic rings. The van der Waals surface area contributed by atoms with Gasteiger partial charge in [0.15, 0.2) is 16.9 Å². The van der Waals surface area contributed by atoms with Gasteiger partial charge in [0.1, 0.15) is 23.3 Å². The van der Waals surface area contributed by atoms with E-state index in [-0.39, 0.29) is 29.1 Å². The van der Waals surface area contributed by atoms with Gasteiger partial charge in [-0.3, -0.25) is 19.6 Å². The minimum atomic E-state index is -5.04. The number of nitrogens with one attached hydrogen (secondary N) is 3. The molecule has 0 radical (unpaired) electrons. The van der Waals surface area contributed by atoms with Crippen molar-refractivity contribution in [3.8, 4) is 5.75 Å². The number of β-lactam (4-membered cyclic amide) rings is 1. The average Bonchev–Trinajstić information content (AvgIpc) is 3.51. The van der Waals surface area contributed by atoms with Gasteiger partial charge in [-0.2, -0.15) is 13.5 Å². The Bertz CT molecular complexity index is 1880. The number of aliphatic carboxylic acids is 1. The van der Waals surface area contributed by atoms with Gasteiger partial charge < -0.3 is 41.5 Å². The van der Waals surface area contributed by atoms with Gasteiger partial charge in [0.2, 0.25) is 0 Å². The maximum absolute atomic E-state index is 13.5. The topological polar surface area (TPSA) is 291 Å². The van der Waals surface area contributed by atoms with Crippen LogP contribution in [0.15, 0.2) is 28.7 Å². The number of carbonyl (C=O) groups is 3. The number of carboxylic acids is 1. The van der Waals surface area contributed by atoms with Crippen molar-refractivity contribution in [1.29, 1.82) is 5.41 Å². The van der Waals surface area contributed by atoms with Crippen LogP contribution in [0.4, 0.5) is 5.13 Å². The van der Waals surface area contributed by atoms with E-state index in [0.29, 0.717) is 29.4 Å². The summed E-state index contributed by atoms with van der Waals surface area (Å²) >= 11 is 0.959. The van der Waals surface area contributed by atoms with Crippen molar-refractivity contribution in [2.24, 2.45) is 10.9 Å². The third kappa shape index (κ3) is 7.98. The zero-order chi connectivity index (χ0) is 38.2. The fourth-order valence-corrected chi connectivity index (χ4v) is 7.44. The van der Waals surface area contributed by atoms with Crippen molar-refractivity contribution >= 4 is 56.2 Å². The lowest BCUT2D eigenvalue weighted by Gasteiger charge is -2.50. The first kappa shape index (κ1) is 38.8. The van der Waals surface area contributed by atoms with Crippen molar-refractivity contribution in [1.82, 2.24) is 20.7 Å². The van der Waals surface area contributed by atoms with Gasteiger partial charge >= 0.3 is 16.4 Å². The number of anilines is 1. The summed E-state index contributed by atoms with van der Waals surface area (Å²) in [6.45, 7) is 4.40. The summed E-state index contributed by atoms with van der Waals surface area (Å²) in [6.07, 6.45) is 2.59. The Morgan fingerprint density at radius 2 is 1.96 bits per heavy atom. The van der Waals surface area contributed by atoms with Gasteiger partial charge in [0.25, 0.3) is 17.4 Å². The number of hydroxylamine groups is 2.